The average molecular weight is 227 g/mol. The average Bonchev–Trinajstić information content (AvgIpc) is 2.72. The molecular weight excluding hydrogens is 210 g/mol. The molecule has 1 aromatic carbocycles. The minimum Gasteiger partial charge on any atom is -0.459 e. The van der Waals surface area contributed by atoms with Gasteiger partial charge in [-0.3, -0.25) is 0 Å². The third-order valence-corrected chi connectivity index (χ3v) is 2.81. The van der Waals surface area contributed by atoms with Crippen LogP contribution in [0.15, 0.2) is 28.7 Å². The molecule has 0 bridgehead atoms. The third-order valence-electron chi connectivity index (χ3n) is 2.81. The highest BCUT2D eigenvalue weighted by atomic mass is 16.3. The number of hydrogen-bond donors (Lipinski definition) is 1. The molecule has 1 atom stereocenters. The normalized spacial score (nSPS) is 12.2. The summed E-state index contributed by atoms with van der Waals surface area (Å²) in [5, 5.41) is 1.12. The molecule has 0 saturated carbocycles. The summed E-state index contributed by atoms with van der Waals surface area (Å²) in [6.07, 6.45) is 1.65. The van der Waals surface area contributed by atoms with Crippen molar-refractivity contribution in [1.82, 2.24) is 0 Å². The molecule has 2 N–H and O–H groups in total. The Labute approximate surface area is 102 Å². The molecule has 0 radical (unpaired) electrons. The summed E-state index contributed by atoms with van der Waals surface area (Å²) in [7, 11) is 0. The first-order chi connectivity index (χ1) is 8.20. The zero-order valence-corrected chi connectivity index (χ0v) is 10.3. The topological polar surface area (TPSA) is 39.2 Å². The summed E-state index contributed by atoms with van der Waals surface area (Å²) in [4.78, 5) is 0. The van der Waals surface area contributed by atoms with Crippen molar-refractivity contribution >= 4 is 11.0 Å². The molecule has 0 amide bonds. The fourth-order valence-electron chi connectivity index (χ4n) is 1.86. The molecule has 2 aromatic rings. The van der Waals surface area contributed by atoms with Crippen molar-refractivity contribution in [3.8, 4) is 11.8 Å². The van der Waals surface area contributed by atoms with Crippen molar-refractivity contribution < 1.29 is 4.42 Å². The fourth-order valence-corrected chi connectivity index (χ4v) is 1.86. The van der Waals surface area contributed by atoms with E-state index < -0.39 is 0 Å². The van der Waals surface area contributed by atoms with Gasteiger partial charge in [0.1, 0.15) is 11.3 Å². The maximum absolute atomic E-state index is 6.08. The maximum atomic E-state index is 6.08. The lowest BCUT2D eigenvalue weighted by molar-refractivity contribution is 0.481. The van der Waals surface area contributed by atoms with Crippen LogP contribution in [0.3, 0.4) is 0 Å². The second kappa shape index (κ2) is 5.07. The van der Waals surface area contributed by atoms with E-state index in [-0.39, 0.29) is 6.04 Å². The van der Waals surface area contributed by atoms with Gasteiger partial charge in [0.15, 0.2) is 0 Å². The molecule has 88 valence electrons. The summed E-state index contributed by atoms with van der Waals surface area (Å²) in [6, 6.07) is 8.12. The molecular formula is C15H17NO. The summed E-state index contributed by atoms with van der Waals surface area (Å²) in [5.74, 6) is 6.74. The largest absolute Gasteiger partial charge is 0.459 e. The Balaban J connectivity index is 2.20. The highest BCUT2D eigenvalue weighted by Gasteiger charge is 2.11. The monoisotopic (exact) mass is 227 g/mol. The first-order valence-corrected chi connectivity index (χ1v) is 5.86. The van der Waals surface area contributed by atoms with Gasteiger partial charge in [0.05, 0.1) is 6.04 Å². The van der Waals surface area contributed by atoms with Crippen LogP contribution in [0.1, 0.15) is 37.1 Å². The number of fused-ring (bicyclic) bond motifs is 1. The first kappa shape index (κ1) is 11.8. The lowest BCUT2D eigenvalue weighted by atomic mass is 10.1. The molecule has 0 aliphatic heterocycles. The van der Waals surface area contributed by atoms with E-state index in [4.69, 9.17) is 10.2 Å². The van der Waals surface area contributed by atoms with Gasteiger partial charge >= 0.3 is 0 Å². The second-order valence-corrected chi connectivity index (χ2v) is 4.26. The van der Waals surface area contributed by atoms with Crippen molar-refractivity contribution in [3.05, 3.63) is 35.6 Å². The van der Waals surface area contributed by atoms with Gasteiger partial charge in [-0.2, -0.15) is 0 Å². The zero-order valence-electron chi connectivity index (χ0n) is 10.3. The van der Waals surface area contributed by atoms with E-state index in [0.717, 1.165) is 29.6 Å². The van der Waals surface area contributed by atoms with Crippen LogP contribution in [0.25, 0.3) is 11.0 Å². The Morgan fingerprint density at radius 1 is 1.35 bits per heavy atom. The standard InChI is InChI=1S/C15H17NO/c1-3-4-5-6-13(16)15-10-12-9-11(2)7-8-14(12)17-15/h7-10,13H,5-6,16H2,1-2H3. The lowest BCUT2D eigenvalue weighted by Gasteiger charge is -2.04. The minimum atomic E-state index is -0.0662. The van der Waals surface area contributed by atoms with Crippen LogP contribution < -0.4 is 5.73 Å². The molecule has 0 aliphatic rings. The number of rotatable bonds is 3. The van der Waals surface area contributed by atoms with Gasteiger partial charge in [0.2, 0.25) is 0 Å². The van der Waals surface area contributed by atoms with Crippen LogP contribution >= 0.6 is 0 Å². The Morgan fingerprint density at radius 2 is 2.18 bits per heavy atom. The quantitative estimate of drug-likeness (QED) is 0.814. The number of nitrogens with two attached hydrogens (primary N) is 1. The number of hydrogen-bond acceptors (Lipinski definition) is 2. The van der Waals surface area contributed by atoms with Gasteiger partial charge in [-0.1, -0.05) is 11.6 Å². The van der Waals surface area contributed by atoms with Crippen molar-refractivity contribution in [2.24, 2.45) is 5.73 Å². The minimum absolute atomic E-state index is 0.0662. The summed E-state index contributed by atoms with van der Waals surface area (Å²) >= 11 is 0. The van der Waals surface area contributed by atoms with Crippen LogP contribution in [0.2, 0.25) is 0 Å². The summed E-state index contributed by atoms with van der Waals surface area (Å²) < 4.78 is 5.74. The van der Waals surface area contributed by atoms with E-state index in [2.05, 4.69) is 24.8 Å². The van der Waals surface area contributed by atoms with E-state index in [1.807, 2.05) is 25.1 Å². The van der Waals surface area contributed by atoms with Crippen molar-refractivity contribution in [2.45, 2.75) is 32.7 Å². The third kappa shape index (κ3) is 2.69. The highest BCUT2D eigenvalue weighted by molar-refractivity contribution is 5.78. The van der Waals surface area contributed by atoms with Crippen LogP contribution in [0.4, 0.5) is 0 Å². The van der Waals surface area contributed by atoms with Gasteiger partial charge in [-0.15, -0.1) is 11.8 Å². The van der Waals surface area contributed by atoms with Crippen molar-refractivity contribution in [1.29, 1.82) is 0 Å². The van der Waals surface area contributed by atoms with E-state index in [0.29, 0.717) is 0 Å². The Hall–Kier alpha value is -1.72. The zero-order chi connectivity index (χ0) is 12.3. The molecule has 2 heteroatoms. The number of benzene rings is 1. The summed E-state index contributed by atoms with van der Waals surface area (Å²) in [6.45, 7) is 3.92. The van der Waals surface area contributed by atoms with Crippen molar-refractivity contribution in [2.75, 3.05) is 0 Å². The van der Waals surface area contributed by atoms with Crippen LogP contribution in [-0.4, -0.2) is 0 Å². The van der Waals surface area contributed by atoms with Crippen molar-refractivity contribution in [3.63, 3.8) is 0 Å². The molecule has 2 nitrogen and oxygen atoms in total. The molecule has 2 rings (SSSR count). The number of furan rings is 1. The number of aryl methyl sites for hydroxylation is 1. The van der Waals surface area contributed by atoms with Gasteiger partial charge in [-0.25, -0.2) is 0 Å². The van der Waals surface area contributed by atoms with Gasteiger partial charge in [0.25, 0.3) is 0 Å². The maximum Gasteiger partial charge on any atom is 0.134 e. The van der Waals surface area contributed by atoms with Gasteiger partial charge < -0.3 is 10.2 Å². The Kier molecular flexibility index (Phi) is 3.51. The molecule has 1 unspecified atom stereocenters. The van der Waals surface area contributed by atoms with Crippen LogP contribution in [0.5, 0.6) is 0 Å². The highest BCUT2D eigenvalue weighted by Crippen LogP contribution is 2.25. The molecule has 1 aromatic heterocycles. The Morgan fingerprint density at radius 3 is 2.94 bits per heavy atom. The smallest absolute Gasteiger partial charge is 0.134 e. The molecule has 0 fully saturated rings. The SMILES string of the molecule is CC#CCCC(N)c1cc2cc(C)ccc2o1. The molecule has 0 spiro atoms. The predicted molar refractivity (Wildman–Crippen MR) is 70.6 cm³/mol. The predicted octanol–water partition coefficient (Wildman–Crippen LogP) is 3.54. The van der Waals surface area contributed by atoms with Crippen LogP contribution in [-0.2, 0) is 0 Å². The van der Waals surface area contributed by atoms with Gasteiger partial charge in [0, 0.05) is 11.8 Å². The van der Waals surface area contributed by atoms with Gasteiger partial charge in [-0.05, 0) is 38.5 Å². The second-order valence-electron chi connectivity index (χ2n) is 4.26. The fraction of sp³-hybridized carbons (Fsp3) is 0.333. The van der Waals surface area contributed by atoms with Crippen LogP contribution in [0, 0.1) is 18.8 Å². The molecule has 1 heterocycles. The van der Waals surface area contributed by atoms with E-state index in [1.165, 1.54) is 5.56 Å². The van der Waals surface area contributed by atoms with E-state index in [1.54, 1.807) is 0 Å². The van der Waals surface area contributed by atoms with E-state index in [9.17, 15) is 0 Å². The molecule has 17 heavy (non-hydrogen) atoms. The lowest BCUT2D eigenvalue weighted by Crippen LogP contribution is -2.08. The van der Waals surface area contributed by atoms with E-state index >= 15 is 0 Å². The Bertz CT molecular complexity index is 571. The first-order valence-electron chi connectivity index (χ1n) is 5.86. The molecule has 0 aliphatic carbocycles. The summed E-state index contributed by atoms with van der Waals surface area (Å²) in [5.41, 5.74) is 8.21. The molecule has 0 saturated heterocycles.